The molecule has 6 nitrogen and oxygen atoms in total. The second kappa shape index (κ2) is 6.08. The summed E-state index contributed by atoms with van der Waals surface area (Å²) >= 11 is 0. The number of carbonyl (C=O) groups is 1. The maximum absolute atomic E-state index is 12.4. The SMILES string of the molecule is Cc1ccc(NC(=O)N2CCc3ccccc3C2)cc1[N+](=O)[O-]. The van der Waals surface area contributed by atoms with Crippen LogP contribution in [0, 0.1) is 17.0 Å². The Balaban J connectivity index is 1.73. The molecule has 2 aromatic rings. The maximum atomic E-state index is 12.4. The summed E-state index contributed by atoms with van der Waals surface area (Å²) < 4.78 is 0. The highest BCUT2D eigenvalue weighted by Gasteiger charge is 2.21. The molecule has 1 heterocycles. The molecule has 0 aliphatic carbocycles. The lowest BCUT2D eigenvalue weighted by Crippen LogP contribution is -2.38. The van der Waals surface area contributed by atoms with Crippen molar-refractivity contribution >= 4 is 17.4 Å². The van der Waals surface area contributed by atoms with Crippen molar-refractivity contribution in [1.29, 1.82) is 0 Å². The summed E-state index contributed by atoms with van der Waals surface area (Å²) in [6.45, 7) is 2.86. The second-order valence-electron chi connectivity index (χ2n) is 5.63. The number of rotatable bonds is 2. The van der Waals surface area contributed by atoms with Gasteiger partial charge in [-0.1, -0.05) is 30.3 Å². The molecule has 6 heteroatoms. The molecule has 23 heavy (non-hydrogen) atoms. The third-order valence-corrected chi connectivity index (χ3v) is 4.07. The van der Waals surface area contributed by atoms with Gasteiger partial charge in [0.1, 0.15) is 0 Å². The largest absolute Gasteiger partial charge is 0.322 e. The first-order valence-electron chi connectivity index (χ1n) is 7.42. The van der Waals surface area contributed by atoms with Crippen molar-refractivity contribution in [2.24, 2.45) is 0 Å². The molecule has 0 aromatic heterocycles. The fourth-order valence-corrected chi connectivity index (χ4v) is 2.76. The molecule has 0 unspecified atom stereocenters. The molecule has 0 fully saturated rings. The van der Waals surface area contributed by atoms with E-state index in [0.717, 1.165) is 12.0 Å². The van der Waals surface area contributed by atoms with Crippen molar-refractivity contribution in [3.8, 4) is 0 Å². The summed E-state index contributed by atoms with van der Waals surface area (Å²) in [6.07, 6.45) is 0.817. The number of nitrogens with one attached hydrogen (secondary N) is 1. The summed E-state index contributed by atoms with van der Waals surface area (Å²) in [6, 6.07) is 12.5. The topological polar surface area (TPSA) is 75.5 Å². The molecule has 2 amide bonds. The molecular formula is C17H17N3O3. The second-order valence-corrected chi connectivity index (χ2v) is 5.63. The minimum atomic E-state index is -0.442. The number of nitro groups is 1. The van der Waals surface area contributed by atoms with E-state index < -0.39 is 4.92 Å². The van der Waals surface area contributed by atoms with Crippen molar-refractivity contribution in [3.05, 3.63) is 69.3 Å². The number of nitro benzene ring substituents is 1. The highest BCUT2D eigenvalue weighted by atomic mass is 16.6. The van der Waals surface area contributed by atoms with Crippen LogP contribution < -0.4 is 5.32 Å². The number of hydrogen-bond acceptors (Lipinski definition) is 3. The van der Waals surface area contributed by atoms with Gasteiger partial charge in [0, 0.05) is 30.4 Å². The molecule has 2 aromatic carbocycles. The van der Waals surface area contributed by atoms with E-state index in [1.807, 2.05) is 18.2 Å². The number of hydrogen-bond donors (Lipinski definition) is 1. The third kappa shape index (κ3) is 3.15. The summed E-state index contributed by atoms with van der Waals surface area (Å²) in [4.78, 5) is 24.6. The Morgan fingerprint density at radius 2 is 1.96 bits per heavy atom. The molecule has 0 spiro atoms. The van der Waals surface area contributed by atoms with Crippen LogP contribution in [0.25, 0.3) is 0 Å². The summed E-state index contributed by atoms with van der Waals surface area (Å²) in [5.74, 6) is 0. The molecule has 0 atom stereocenters. The van der Waals surface area contributed by atoms with E-state index in [4.69, 9.17) is 0 Å². The Hall–Kier alpha value is -2.89. The highest BCUT2D eigenvalue weighted by Crippen LogP contribution is 2.23. The van der Waals surface area contributed by atoms with Crippen molar-refractivity contribution in [3.63, 3.8) is 0 Å². The lowest BCUT2D eigenvalue weighted by Gasteiger charge is -2.28. The van der Waals surface area contributed by atoms with E-state index in [1.54, 1.807) is 24.0 Å². The van der Waals surface area contributed by atoms with E-state index in [2.05, 4.69) is 11.4 Å². The molecule has 1 N–H and O–H groups in total. The number of benzene rings is 2. The quantitative estimate of drug-likeness (QED) is 0.681. The molecule has 0 bridgehead atoms. The van der Waals surface area contributed by atoms with Crippen LogP contribution in [0.4, 0.5) is 16.2 Å². The van der Waals surface area contributed by atoms with Crippen LogP contribution in [-0.2, 0) is 13.0 Å². The Labute approximate surface area is 133 Å². The first-order valence-corrected chi connectivity index (χ1v) is 7.42. The first-order chi connectivity index (χ1) is 11.0. The van der Waals surface area contributed by atoms with E-state index in [1.165, 1.54) is 11.6 Å². The predicted molar refractivity (Wildman–Crippen MR) is 87.4 cm³/mol. The number of fused-ring (bicyclic) bond motifs is 1. The number of carbonyl (C=O) groups excluding carboxylic acids is 1. The standard InChI is InChI=1S/C17H17N3O3/c1-12-6-7-15(10-16(12)20(22)23)18-17(21)19-9-8-13-4-2-3-5-14(13)11-19/h2-7,10H,8-9,11H2,1H3,(H,18,21). The van der Waals surface area contributed by atoms with Gasteiger partial charge in [-0.25, -0.2) is 4.79 Å². The fraction of sp³-hybridized carbons (Fsp3) is 0.235. The number of anilines is 1. The van der Waals surface area contributed by atoms with E-state index in [9.17, 15) is 14.9 Å². The summed E-state index contributed by atoms with van der Waals surface area (Å²) in [5, 5.41) is 13.7. The Morgan fingerprint density at radius 1 is 1.22 bits per heavy atom. The average Bonchev–Trinajstić information content (AvgIpc) is 2.55. The van der Waals surface area contributed by atoms with Gasteiger partial charge in [0.05, 0.1) is 4.92 Å². The molecule has 0 saturated carbocycles. The van der Waals surface area contributed by atoms with E-state index in [0.29, 0.717) is 24.3 Å². The van der Waals surface area contributed by atoms with Crippen LogP contribution in [-0.4, -0.2) is 22.4 Å². The minimum Gasteiger partial charge on any atom is -0.320 e. The fourth-order valence-electron chi connectivity index (χ4n) is 2.76. The van der Waals surface area contributed by atoms with Crippen LogP contribution in [0.15, 0.2) is 42.5 Å². The monoisotopic (exact) mass is 311 g/mol. The van der Waals surface area contributed by atoms with Gasteiger partial charge >= 0.3 is 6.03 Å². The van der Waals surface area contributed by atoms with Crippen molar-refractivity contribution in [1.82, 2.24) is 4.90 Å². The van der Waals surface area contributed by atoms with Crippen LogP contribution >= 0.6 is 0 Å². The molecule has 0 radical (unpaired) electrons. The molecule has 118 valence electrons. The van der Waals surface area contributed by atoms with Crippen molar-refractivity contribution in [2.75, 3.05) is 11.9 Å². The average molecular weight is 311 g/mol. The number of nitrogens with zero attached hydrogens (tertiary/aromatic N) is 2. The van der Waals surface area contributed by atoms with Gasteiger partial charge in [-0.15, -0.1) is 0 Å². The zero-order valence-corrected chi connectivity index (χ0v) is 12.8. The van der Waals surface area contributed by atoms with E-state index in [-0.39, 0.29) is 11.7 Å². The van der Waals surface area contributed by atoms with Crippen LogP contribution in [0.3, 0.4) is 0 Å². The van der Waals surface area contributed by atoms with Gasteiger partial charge in [-0.3, -0.25) is 10.1 Å². The zero-order chi connectivity index (χ0) is 16.4. The van der Waals surface area contributed by atoms with Crippen molar-refractivity contribution < 1.29 is 9.72 Å². The van der Waals surface area contributed by atoms with E-state index >= 15 is 0 Å². The maximum Gasteiger partial charge on any atom is 0.322 e. The highest BCUT2D eigenvalue weighted by molar-refractivity contribution is 5.90. The first kappa shape index (κ1) is 15.0. The van der Waals surface area contributed by atoms with Crippen molar-refractivity contribution in [2.45, 2.75) is 19.9 Å². The number of urea groups is 1. The van der Waals surface area contributed by atoms with Crippen LogP contribution in [0.5, 0.6) is 0 Å². The normalized spacial score (nSPS) is 13.3. The minimum absolute atomic E-state index is 0.00629. The smallest absolute Gasteiger partial charge is 0.320 e. The molecule has 1 aliphatic heterocycles. The molecule has 0 saturated heterocycles. The van der Waals surface area contributed by atoms with Gasteiger partial charge in [-0.2, -0.15) is 0 Å². The summed E-state index contributed by atoms with van der Waals surface area (Å²) in [5.41, 5.74) is 3.42. The van der Waals surface area contributed by atoms with Gasteiger partial charge in [0.2, 0.25) is 0 Å². The van der Waals surface area contributed by atoms with Gasteiger partial charge in [-0.05, 0) is 30.5 Å². The Morgan fingerprint density at radius 3 is 2.70 bits per heavy atom. The van der Waals surface area contributed by atoms with Gasteiger partial charge in [0.15, 0.2) is 0 Å². The van der Waals surface area contributed by atoms with Crippen LogP contribution in [0.1, 0.15) is 16.7 Å². The van der Waals surface area contributed by atoms with Gasteiger partial charge < -0.3 is 10.2 Å². The van der Waals surface area contributed by atoms with Crippen LogP contribution in [0.2, 0.25) is 0 Å². The molecule has 1 aliphatic rings. The third-order valence-electron chi connectivity index (χ3n) is 4.07. The lowest BCUT2D eigenvalue weighted by atomic mass is 10.0. The molecular weight excluding hydrogens is 294 g/mol. The number of amides is 2. The molecule has 3 rings (SSSR count). The lowest BCUT2D eigenvalue weighted by molar-refractivity contribution is -0.385. The number of aryl methyl sites for hydroxylation is 1. The predicted octanol–water partition coefficient (Wildman–Crippen LogP) is 3.49. The Bertz CT molecular complexity index is 773. The Kier molecular flexibility index (Phi) is 3.97. The summed E-state index contributed by atoms with van der Waals surface area (Å²) in [7, 11) is 0. The van der Waals surface area contributed by atoms with Gasteiger partial charge in [0.25, 0.3) is 5.69 Å². The zero-order valence-electron chi connectivity index (χ0n) is 12.8.